The van der Waals surface area contributed by atoms with Gasteiger partial charge >= 0.3 is 45.3 Å². The van der Waals surface area contributed by atoms with Gasteiger partial charge in [-0.2, -0.15) is 0 Å². The Morgan fingerprint density at radius 1 is 1.60 bits per heavy atom. The van der Waals surface area contributed by atoms with Gasteiger partial charge in [0, 0.05) is 0 Å². The molecule has 0 rings (SSSR count). The summed E-state index contributed by atoms with van der Waals surface area (Å²) in [7, 11) is 0. The second-order valence-corrected chi connectivity index (χ2v) is 1.55. The van der Waals surface area contributed by atoms with Crippen molar-refractivity contribution in [3.05, 3.63) is 22.8 Å². The Kier molecular flexibility index (Phi) is 4.52. The van der Waals surface area contributed by atoms with E-state index >= 15 is 0 Å². The number of hydrogen-bond donors (Lipinski definition) is 0. The Morgan fingerprint density at radius 2 is 2.20 bits per heavy atom. The normalized spacial score (nSPS) is 9.20. The van der Waals surface area contributed by atoms with Gasteiger partial charge < -0.3 is 0 Å². The van der Waals surface area contributed by atoms with Crippen LogP contribution in [-0.4, -0.2) is 22.5 Å². The van der Waals surface area contributed by atoms with Gasteiger partial charge in [-0.05, 0) is 0 Å². The molecule has 0 heterocycles. The van der Waals surface area contributed by atoms with Crippen molar-refractivity contribution in [3.63, 3.8) is 0 Å². The molecule has 0 amide bonds. The summed E-state index contributed by atoms with van der Waals surface area (Å²) in [6, 6.07) is 0. The third-order valence-corrected chi connectivity index (χ3v) is 0.782. The molecule has 0 aliphatic heterocycles. The molecular weight excluding hydrogens is 167 g/mol. The van der Waals surface area contributed by atoms with E-state index in [9.17, 15) is 0 Å². The summed E-state index contributed by atoms with van der Waals surface area (Å²) in [5, 5.41) is 0. The molecule has 0 aliphatic carbocycles. The molecule has 5 heavy (non-hydrogen) atoms. The maximum absolute atomic E-state index is 3.48. The van der Waals surface area contributed by atoms with Crippen molar-refractivity contribution in [2.24, 2.45) is 0 Å². The Morgan fingerprint density at radius 3 is 2.20 bits per heavy atom. The van der Waals surface area contributed by atoms with E-state index in [1.807, 2.05) is 10.2 Å². The summed E-state index contributed by atoms with van der Waals surface area (Å²) < 4.78 is 2.03. The van der Waals surface area contributed by atoms with Crippen LogP contribution in [-0.2, 0) is 0 Å². The van der Waals surface area contributed by atoms with Crippen LogP contribution in [0.25, 0.3) is 0 Å². The topological polar surface area (TPSA) is 0 Å². The van der Waals surface area contributed by atoms with Crippen molar-refractivity contribution in [1.29, 1.82) is 0 Å². The van der Waals surface area contributed by atoms with Crippen LogP contribution in [0.3, 0.4) is 0 Å². The van der Waals surface area contributed by atoms with E-state index in [1.54, 1.807) is 6.08 Å². The van der Waals surface area contributed by atoms with Gasteiger partial charge in [0.05, 0.1) is 0 Å². The van der Waals surface area contributed by atoms with Gasteiger partial charge in [-0.3, -0.25) is 0 Å². The molecule has 22 valence electrons. The van der Waals surface area contributed by atoms with Crippen molar-refractivity contribution in [1.82, 2.24) is 0 Å². The molecule has 0 aromatic carbocycles. The maximum atomic E-state index is 3.48. The summed E-state index contributed by atoms with van der Waals surface area (Å²) in [6.07, 6.45) is 3.70. The second kappa shape index (κ2) is 4.28. The fraction of sp³-hybridized carbons (Fsp3) is 0. The van der Waals surface area contributed by atoms with Crippen LogP contribution in [0.15, 0.2) is 22.8 Å². The SMILES string of the molecule is C=C/C=[CH]/[Sn+3]. The van der Waals surface area contributed by atoms with E-state index in [0.29, 0.717) is 0 Å². The molecule has 0 aliphatic rings. The summed E-state index contributed by atoms with van der Waals surface area (Å²) in [5.74, 6) is 0. The minimum absolute atomic E-state index is 1.43. The Hall–Kier alpha value is 0.279. The van der Waals surface area contributed by atoms with Crippen LogP contribution in [0.5, 0.6) is 0 Å². The van der Waals surface area contributed by atoms with Gasteiger partial charge in [-0.15, -0.1) is 0 Å². The van der Waals surface area contributed by atoms with Crippen molar-refractivity contribution >= 4 is 22.5 Å². The van der Waals surface area contributed by atoms with Crippen LogP contribution in [0.2, 0.25) is 0 Å². The van der Waals surface area contributed by atoms with Crippen molar-refractivity contribution in [2.75, 3.05) is 0 Å². The molecule has 0 fully saturated rings. The number of allylic oxidation sites excluding steroid dienone is 2. The van der Waals surface area contributed by atoms with Crippen LogP contribution >= 0.6 is 0 Å². The average molecular weight is 172 g/mol. The van der Waals surface area contributed by atoms with E-state index in [2.05, 4.69) is 6.58 Å². The first kappa shape index (κ1) is 5.28. The molecule has 0 N–H and O–H groups in total. The van der Waals surface area contributed by atoms with Gasteiger partial charge in [0.25, 0.3) is 0 Å². The molecule has 0 radical (unpaired) electrons. The molecule has 0 saturated carbocycles. The quantitative estimate of drug-likeness (QED) is 0.406. The molecule has 0 bridgehead atoms. The summed E-state index contributed by atoms with van der Waals surface area (Å²) >= 11 is 1.43. The zero-order valence-electron chi connectivity index (χ0n) is 2.94. The zero-order valence-corrected chi connectivity index (χ0v) is 5.79. The van der Waals surface area contributed by atoms with Gasteiger partial charge in [0.2, 0.25) is 0 Å². The van der Waals surface area contributed by atoms with Gasteiger partial charge in [-0.25, -0.2) is 0 Å². The second-order valence-electron chi connectivity index (χ2n) is 0.595. The third kappa shape index (κ3) is 4.28. The third-order valence-electron chi connectivity index (χ3n) is 0.232. The van der Waals surface area contributed by atoms with Crippen LogP contribution in [0.1, 0.15) is 0 Å². The Labute approximate surface area is 45.7 Å². The van der Waals surface area contributed by atoms with E-state index < -0.39 is 0 Å². The van der Waals surface area contributed by atoms with Crippen LogP contribution in [0.4, 0.5) is 0 Å². The fourth-order valence-corrected chi connectivity index (χ4v) is 0.456. The van der Waals surface area contributed by atoms with Crippen molar-refractivity contribution in [3.8, 4) is 0 Å². The molecule has 0 nitrogen and oxygen atoms in total. The zero-order chi connectivity index (χ0) is 4.12. The Bertz CT molecular complexity index is 45.6. The van der Waals surface area contributed by atoms with Crippen molar-refractivity contribution in [2.45, 2.75) is 0 Å². The molecule has 0 saturated heterocycles. The number of rotatable bonds is 1. The average Bonchev–Trinajstić information content (AvgIpc) is 1.41. The van der Waals surface area contributed by atoms with E-state index in [4.69, 9.17) is 0 Å². The predicted molar refractivity (Wildman–Crippen MR) is 25.1 cm³/mol. The summed E-state index contributed by atoms with van der Waals surface area (Å²) in [4.78, 5) is 0. The Balaban J connectivity index is 2.92. The summed E-state index contributed by atoms with van der Waals surface area (Å²) in [5.41, 5.74) is 0. The van der Waals surface area contributed by atoms with Gasteiger partial charge in [0.1, 0.15) is 0 Å². The van der Waals surface area contributed by atoms with Crippen LogP contribution < -0.4 is 0 Å². The first-order valence-electron chi connectivity index (χ1n) is 1.36. The minimum atomic E-state index is 1.43. The standard InChI is InChI=1S/C4H5.Sn/c1-3-4-2;/h1,3-4H,2H2;/q;+3. The first-order chi connectivity index (χ1) is 2.41. The molecular formula is C4H5Sn+3. The molecule has 0 unspecified atom stereocenters. The van der Waals surface area contributed by atoms with Gasteiger partial charge in [-0.1, -0.05) is 0 Å². The molecule has 0 aromatic heterocycles. The molecule has 0 aromatic rings. The predicted octanol–water partition coefficient (Wildman–Crippen LogP) is 0.855. The molecule has 0 atom stereocenters. The van der Waals surface area contributed by atoms with Crippen LogP contribution in [0, 0.1) is 0 Å². The van der Waals surface area contributed by atoms with E-state index in [-0.39, 0.29) is 0 Å². The monoisotopic (exact) mass is 173 g/mol. The van der Waals surface area contributed by atoms with E-state index in [1.165, 1.54) is 22.5 Å². The van der Waals surface area contributed by atoms with Gasteiger partial charge in [0.15, 0.2) is 0 Å². The number of hydrogen-bond acceptors (Lipinski definition) is 0. The molecule has 0 spiro atoms. The van der Waals surface area contributed by atoms with Crippen molar-refractivity contribution < 1.29 is 0 Å². The molecule has 1 heteroatoms. The summed E-state index contributed by atoms with van der Waals surface area (Å²) in [6.45, 7) is 3.48. The van der Waals surface area contributed by atoms with E-state index in [0.717, 1.165) is 0 Å². The first-order valence-corrected chi connectivity index (χ1v) is 3.01. The fourth-order valence-electron chi connectivity index (χ4n) is 0.0680.